The van der Waals surface area contributed by atoms with Gasteiger partial charge in [0.2, 0.25) is 0 Å². The average molecular weight is 278 g/mol. The smallest absolute Gasteiger partial charge is 0.167 e. The van der Waals surface area contributed by atoms with Crippen molar-refractivity contribution in [2.45, 2.75) is 44.2 Å². The third kappa shape index (κ3) is 2.75. The monoisotopic (exact) mass is 278 g/mol. The SMILES string of the molecule is COc1ccc(NC2CCCC2C2CCCN2)cc1F. The van der Waals surface area contributed by atoms with Crippen LogP contribution in [0.4, 0.5) is 10.1 Å². The van der Waals surface area contributed by atoms with Crippen molar-refractivity contribution in [3.63, 3.8) is 0 Å². The molecule has 2 fully saturated rings. The highest BCUT2D eigenvalue weighted by Crippen LogP contribution is 2.34. The molecule has 3 nitrogen and oxygen atoms in total. The molecule has 1 aliphatic carbocycles. The summed E-state index contributed by atoms with van der Waals surface area (Å²) in [5.74, 6) is 0.671. The van der Waals surface area contributed by atoms with Crippen LogP contribution in [0, 0.1) is 11.7 Å². The van der Waals surface area contributed by atoms with Gasteiger partial charge in [-0.2, -0.15) is 0 Å². The van der Waals surface area contributed by atoms with Crippen molar-refractivity contribution >= 4 is 5.69 Å². The van der Waals surface area contributed by atoms with Crippen LogP contribution < -0.4 is 15.4 Å². The van der Waals surface area contributed by atoms with Gasteiger partial charge in [-0.25, -0.2) is 4.39 Å². The Kier molecular flexibility index (Phi) is 4.10. The van der Waals surface area contributed by atoms with Gasteiger partial charge in [-0.1, -0.05) is 6.42 Å². The molecule has 0 radical (unpaired) electrons. The largest absolute Gasteiger partial charge is 0.494 e. The second kappa shape index (κ2) is 6.00. The molecule has 1 aromatic rings. The summed E-state index contributed by atoms with van der Waals surface area (Å²) in [6, 6.07) is 6.22. The number of ether oxygens (including phenoxy) is 1. The maximum atomic E-state index is 13.7. The fraction of sp³-hybridized carbons (Fsp3) is 0.625. The first-order chi connectivity index (χ1) is 9.78. The number of methoxy groups -OCH3 is 1. The molecular weight excluding hydrogens is 255 g/mol. The fourth-order valence-electron chi connectivity index (χ4n) is 3.70. The molecule has 0 amide bonds. The number of rotatable bonds is 4. The summed E-state index contributed by atoms with van der Waals surface area (Å²) in [7, 11) is 1.49. The van der Waals surface area contributed by atoms with E-state index < -0.39 is 0 Å². The Morgan fingerprint density at radius 3 is 2.85 bits per heavy atom. The number of benzene rings is 1. The molecule has 2 aliphatic rings. The third-order valence-electron chi connectivity index (χ3n) is 4.69. The van der Waals surface area contributed by atoms with Gasteiger partial charge >= 0.3 is 0 Å². The zero-order chi connectivity index (χ0) is 13.9. The van der Waals surface area contributed by atoms with E-state index in [0.717, 1.165) is 12.2 Å². The first kappa shape index (κ1) is 13.7. The Bertz CT molecular complexity index is 460. The predicted molar refractivity (Wildman–Crippen MR) is 78.7 cm³/mol. The van der Waals surface area contributed by atoms with Crippen molar-refractivity contribution in [1.82, 2.24) is 5.32 Å². The van der Waals surface area contributed by atoms with E-state index in [1.165, 1.54) is 45.3 Å². The van der Waals surface area contributed by atoms with Crippen molar-refractivity contribution in [2.24, 2.45) is 5.92 Å². The lowest BCUT2D eigenvalue weighted by atomic mass is 9.93. The summed E-state index contributed by atoms with van der Waals surface area (Å²) in [4.78, 5) is 0. The minimum absolute atomic E-state index is 0.300. The molecule has 1 aromatic carbocycles. The van der Waals surface area contributed by atoms with Crippen LogP contribution in [0.25, 0.3) is 0 Å². The summed E-state index contributed by atoms with van der Waals surface area (Å²) in [5.41, 5.74) is 0.859. The molecule has 0 aromatic heterocycles. The van der Waals surface area contributed by atoms with Crippen LogP contribution in [0.2, 0.25) is 0 Å². The Hall–Kier alpha value is -1.29. The first-order valence-electron chi connectivity index (χ1n) is 7.61. The second-order valence-electron chi connectivity index (χ2n) is 5.90. The standard InChI is InChI=1S/C16H23FN2O/c1-20-16-8-7-11(10-13(16)17)19-15-5-2-4-12(15)14-6-3-9-18-14/h7-8,10,12,14-15,18-19H,2-6,9H2,1H3. The lowest BCUT2D eigenvalue weighted by molar-refractivity contribution is 0.375. The molecule has 4 heteroatoms. The van der Waals surface area contributed by atoms with Gasteiger partial charge in [0.05, 0.1) is 7.11 Å². The van der Waals surface area contributed by atoms with Crippen LogP contribution in [0.5, 0.6) is 5.75 Å². The molecule has 0 spiro atoms. The lowest BCUT2D eigenvalue weighted by Gasteiger charge is -2.27. The number of nitrogens with one attached hydrogen (secondary N) is 2. The van der Waals surface area contributed by atoms with E-state index >= 15 is 0 Å². The number of hydrogen-bond donors (Lipinski definition) is 2. The van der Waals surface area contributed by atoms with Gasteiger partial charge in [0, 0.05) is 23.8 Å². The van der Waals surface area contributed by atoms with Gasteiger partial charge in [-0.05, 0) is 50.3 Å². The summed E-state index contributed by atoms with van der Waals surface area (Å²) >= 11 is 0. The van der Waals surface area contributed by atoms with Gasteiger partial charge in [0.25, 0.3) is 0 Å². The van der Waals surface area contributed by atoms with Gasteiger partial charge in [0.1, 0.15) is 0 Å². The molecule has 1 saturated carbocycles. The average Bonchev–Trinajstić information content (AvgIpc) is 3.09. The minimum Gasteiger partial charge on any atom is -0.494 e. The topological polar surface area (TPSA) is 33.3 Å². The molecule has 1 aliphatic heterocycles. The van der Waals surface area contributed by atoms with Crippen LogP contribution in [-0.2, 0) is 0 Å². The zero-order valence-electron chi connectivity index (χ0n) is 12.0. The molecule has 20 heavy (non-hydrogen) atoms. The lowest BCUT2D eigenvalue weighted by Crippen LogP contribution is -2.38. The maximum absolute atomic E-state index is 13.7. The Morgan fingerprint density at radius 1 is 1.25 bits per heavy atom. The second-order valence-corrected chi connectivity index (χ2v) is 5.90. The molecule has 3 unspecified atom stereocenters. The highest BCUT2D eigenvalue weighted by atomic mass is 19.1. The van der Waals surface area contributed by atoms with Crippen molar-refractivity contribution in [3.8, 4) is 5.75 Å². The van der Waals surface area contributed by atoms with Crippen molar-refractivity contribution < 1.29 is 9.13 Å². The number of halogens is 1. The maximum Gasteiger partial charge on any atom is 0.167 e. The summed E-state index contributed by atoms with van der Waals surface area (Å²) in [5, 5.41) is 7.13. The Morgan fingerprint density at radius 2 is 2.15 bits per heavy atom. The van der Waals surface area contributed by atoms with E-state index in [-0.39, 0.29) is 5.82 Å². The first-order valence-corrected chi connectivity index (χ1v) is 7.61. The predicted octanol–water partition coefficient (Wildman–Crippen LogP) is 3.17. The van der Waals surface area contributed by atoms with Crippen LogP contribution in [0.15, 0.2) is 18.2 Å². The molecule has 110 valence electrons. The van der Waals surface area contributed by atoms with Gasteiger partial charge < -0.3 is 15.4 Å². The molecule has 1 saturated heterocycles. The third-order valence-corrected chi connectivity index (χ3v) is 4.69. The van der Waals surface area contributed by atoms with E-state index in [1.54, 1.807) is 6.07 Å². The van der Waals surface area contributed by atoms with E-state index in [9.17, 15) is 4.39 Å². The molecule has 3 atom stereocenters. The van der Waals surface area contributed by atoms with Crippen molar-refractivity contribution in [2.75, 3.05) is 19.0 Å². The highest BCUT2D eigenvalue weighted by Gasteiger charge is 2.34. The number of anilines is 1. The Balaban J connectivity index is 1.68. The van der Waals surface area contributed by atoms with E-state index in [2.05, 4.69) is 10.6 Å². The summed E-state index contributed by atoms with van der Waals surface area (Å²) in [6.45, 7) is 1.14. The summed E-state index contributed by atoms with van der Waals surface area (Å²) < 4.78 is 18.7. The highest BCUT2D eigenvalue weighted by molar-refractivity contribution is 5.48. The molecule has 0 bridgehead atoms. The van der Waals surface area contributed by atoms with Crippen LogP contribution >= 0.6 is 0 Å². The quantitative estimate of drug-likeness (QED) is 0.887. The van der Waals surface area contributed by atoms with Crippen molar-refractivity contribution in [1.29, 1.82) is 0 Å². The van der Waals surface area contributed by atoms with E-state index in [1.807, 2.05) is 6.07 Å². The minimum atomic E-state index is -0.300. The van der Waals surface area contributed by atoms with Crippen LogP contribution in [0.1, 0.15) is 32.1 Å². The van der Waals surface area contributed by atoms with Crippen LogP contribution in [0.3, 0.4) is 0 Å². The van der Waals surface area contributed by atoms with E-state index in [4.69, 9.17) is 4.74 Å². The molecule has 2 N–H and O–H groups in total. The molecule has 1 heterocycles. The molecular formula is C16H23FN2O. The number of hydrogen-bond acceptors (Lipinski definition) is 3. The van der Waals surface area contributed by atoms with E-state index in [0.29, 0.717) is 23.8 Å². The van der Waals surface area contributed by atoms with Crippen molar-refractivity contribution in [3.05, 3.63) is 24.0 Å². The Labute approximate surface area is 119 Å². The van der Waals surface area contributed by atoms with Gasteiger partial charge in [0.15, 0.2) is 11.6 Å². The normalized spacial score (nSPS) is 29.6. The van der Waals surface area contributed by atoms with Gasteiger partial charge in [-0.3, -0.25) is 0 Å². The summed E-state index contributed by atoms with van der Waals surface area (Å²) in [6.07, 6.45) is 6.27. The van der Waals surface area contributed by atoms with Crippen LogP contribution in [-0.4, -0.2) is 25.7 Å². The fourth-order valence-corrected chi connectivity index (χ4v) is 3.70. The van der Waals surface area contributed by atoms with Gasteiger partial charge in [-0.15, -0.1) is 0 Å². The molecule has 3 rings (SSSR count). The zero-order valence-corrected chi connectivity index (χ0v) is 12.0.